The maximum atomic E-state index is 14.0. The highest BCUT2D eigenvalue weighted by Gasteiger charge is 2.26. The van der Waals surface area contributed by atoms with Crippen molar-refractivity contribution in [3.63, 3.8) is 0 Å². The fraction of sp³-hybridized carbons (Fsp3) is 0.345. The molecule has 0 saturated carbocycles. The highest BCUT2D eigenvalue weighted by atomic mass is 35.5. The van der Waals surface area contributed by atoms with E-state index in [1.807, 2.05) is 6.07 Å². The quantitative estimate of drug-likeness (QED) is 0.357. The Morgan fingerprint density at radius 1 is 0.917 bits per heavy atom. The Labute approximate surface area is 217 Å². The molecular formula is C29H32ClFN4O. The van der Waals surface area contributed by atoms with E-state index in [1.165, 1.54) is 33.8 Å². The van der Waals surface area contributed by atoms with Crippen LogP contribution >= 0.6 is 12.4 Å². The Morgan fingerprint density at radius 2 is 1.69 bits per heavy atom. The molecule has 0 N–H and O–H groups in total. The summed E-state index contributed by atoms with van der Waals surface area (Å²) in [7, 11) is 0. The zero-order valence-corrected chi connectivity index (χ0v) is 21.7. The number of fused-ring (bicyclic) bond motifs is 2. The Bertz CT molecular complexity index is 1400. The van der Waals surface area contributed by atoms with Gasteiger partial charge in [-0.25, -0.2) is 9.37 Å². The Hall–Kier alpha value is -3.09. The van der Waals surface area contributed by atoms with Crippen LogP contribution in [0.2, 0.25) is 0 Å². The third-order valence-electron chi connectivity index (χ3n) is 7.58. The molecule has 0 aliphatic carbocycles. The summed E-state index contributed by atoms with van der Waals surface area (Å²) in [6, 6.07) is 17.9. The molecule has 0 radical (unpaired) electrons. The summed E-state index contributed by atoms with van der Waals surface area (Å²) in [5, 5.41) is 1.23. The van der Waals surface area contributed by atoms with Crippen molar-refractivity contribution in [2.45, 2.75) is 33.4 Å². The second-order valence-corrected chi connectivity index (χ2v) is 9.67. The van der Waals surface area contributed by atoms with Gasteiger partial charge in [0.15, 0.2) is 5.82 Å². The second kappa shape index (κ2) is 10.1. The molecule has 4 heterocycles. The van der Waals surface area contributed by atoms with Crippen molar-refractivity contribution < 1.29 is 9.13 Å². The van der Waals surface area contributed by atoms with Crippen LogP contribution in [0.1, 0.15) is 27.9 Å². The Kier molecular flexibility index (Phi) is 6.91. The van der Waals surface area contributed by atoms with E-state index in [0.29, 0.717) is 6.54 Å². The van der Waals surface area contributed by atoms with Crippen LogP contribution in [-0.2, 0) is 24.2 Å². The van der Waals surface area contributed by atoms with E-state index in [9.17, 15) is 4.39 Å². The molecule has 2 aliphatic heterocycles. The zero-order chi connectivity index (χ0) is 23.9. The lowest BCUT2D eigenvalue weighted by molar-refractivity contribution is 0.122. The first-order valence-electron chi connectivity index (χ1n) is 12.5. The van der Waals surface area contributed by atoms with Crippen LogP contribution < -0.4 is 9.80 Å². The predicted molar refractivity (Wildman–Crippen MR) is 146 cm³/mol. The second-order valence-electron chi connectivity index (χ2n) is 9.67. The number of anilines is 2. The minimum atomic E-state index is -0.200. The van der Waals surface area contributed by atoms with Gasteiger partial charge in [-0.15, -0.1) is 12.4 Å². The van der Waals surface area contributed by atoms with E-state index in [2.05, 4.69) is 58.5 Å². The molecule has 0 amide bonds. The van der Waals surface area contributed by atoms with Gasteiger partial charge < -0.3 is 19.1 Å². The number of hydrogen-bond donors (Lipinski definition) is 0. The number of benzene rings is 2. The zero-order valence-electron chi connectivity index (χ0n) is 20.8. The van der Waals surface area contributed by atoms with E-state index in [0.717, 1.165) is 68.5 Å². The molecule has 0 unspecified atom stereocenters. The van der Waals surface area contributed by atoms with Gasteiger partial charge >= 0.3 is 0 Å². The lowest BCUT2D eigenvalue weighted by Crippen LogP contribution is -2.37. The van der Waals surface area contributed by atoms with E-state index in [4.69, 9.17) is 9.72 Å². The van der Waals surface area contributed by atoms with Crippen LogP contribution in [0.5, 0.6) is 0 Å². The van der Waals surface area contributed by atoms with Crippen LogP contribution in [0.25, 0.3) is 10.9 Å². The third-order valence-corrected chi connectivity index (χ3v) is 7.58. The average Bonchev–Trinajstić information content (AvgIpc) is 3.13. The van der Waals surface area contributed by atoms with Gasteiger partial charge in [-0.2, -0.15) is 0 Å². The first-order chi connectivity index (χ1) is 17.1. The summed E-state index contributed by atoms with van der Waals surface area (Å²) in [5.74, 6) is 1.83. The molecule has 2 aliphatic rings. The molecule has 1 fully saturated rings. The lowest BCUT2D eigenvalue weighted by Gasteiger charge is -2.33. The van der Waals surface area contributed by atoms with Crippen LogP contribution in [-0.4, -0.2) is 42.4 Å². The van der Waals surface area contributed by atoms with E-state index in [1.54, 1.807) is 12.1 Å². The Morgan fingerprint density at radius 3 is 2.47 bits per heavy atom. The molecular weight excluding hydrogens is 475 g/mol. The summed E-state index contributed by atoms with van der Waals surface area (Å²) < 4.78 is 21.9. The van der Waals surface area contributed by atoms with Crippen molar-refractivity contribution >= 4 is 34.9 Å². The van der Waals surface area contributed by atoms with Gasteiger partial charge in [0.2, 0.25) is 0 Å². The molecule has 0 bridgehead atoms. The number of aromatic nitrogens is 2. The van der Waals surface area contributed by atoms with Gasteiger partial charge in [0.05, 0.1) is 18.7 Å². The van der Waals surface area contributed by atoms with E-state index >= 15 is 0 Å². The molecule has 2 aromatic carbocycles. The number of halogens is 2. The van der Waals surface area contributed by atoms with Crippen molar-refractivity contribution in [3.8, 4) is 0 Å². The minimum absolute atomic E-state index is 0. The highest BCUT2D eigenvalue weighted by molar-refractivity contribution is 5.96. The number of hydrogen-bond acceptors (Lipinski definition) is 4. The normalized spacial score (nSPS) is 15.6. The van der Waals surface area contributed by atoms with Crippen molar-refractivity contribution in [1.29, 1.82) is 0 Å². The molecule has 2 aromatic heterocycles. The number of pyridine rings is 1. The first-order valence-corrected chi connectivity index (χ1v) is 12.5. The molecule has 6 rings (SSSR count). The molecule has 5 nitrogen and oxygen atoms in total. The summed E-state index contributed by atoms with van der Waals surface area (Å²) in [6.07, 6.45) is 1.00. The molecule has 188 valence electrons. The molecule has 0 atom stereocenters. The summed E-state index contributed by atoms with van der Waals surface area (Å²) in [5.41, 5.74) is 7.34. The van der Waals surface area contributed by atoms with Gasteiger partial charge in [-0.05, 0) is 60.7 Å². The topological polar surface area (TPSA) is 33.5 Å². The van der Waals surface area contributed by atoms with Crippen LogP contribution in [0.4, 0.5) is 16.0 Å². The monoisotopic (exact) mass is 506 g/mol. The Balaban J connectivity index is 0.00000267. The van der Waals surface area contributed by atoms with Gasteiger partial charge in [0, 0.05) is 43.8 Å². The van der Waals surface area contributed by atoms with Gasteiger partial charge in [-0.3, -0.25) is 0 Å². The summed E-state index contributed by atoms with van der Waals surface area (Å²) >= 11 is 0. The fourth-order valence-electron chi connectivity index (χ4n) is 5.50. The largest absolute Gasteiger partial charge is 0.378 e. The molecule has 7 heteroatoms. The minimum Gasteiger partial charge on any atom is -0.378 e. The number of nitrogens with zero attached hydrogens (tertiary/aromatic N) is 4. The molecule has 36 heavy (non-hydrogen) atoms. The maximum Gasteiger partial charge on any atom is 0.155 e. The van der Waals surface area contributed by atoms with Gasteiger partial charge in [0.25, 0.3) is 0 Å². The SMILES string of the molecule is Cc1c(C)n(Cc2cccc(F)c2)c2c(N3CCc4ccccc4C3)nc(N3CCOCC3)cc12.Cl. The number of aryl methyl sites for hydroxylation is 1. The van der Waals surface area contributed by atoms with E-state index in [-0.39, 0.29) is 18.2 Å². The molecule has 4 aromatic rings. The number of morpholine rings is 1. The summed E-state index contributed by atoms with van der Waals surface area (Å²) in [4.78, 5) is 10.1. The van der Waals surface area contributed by atoms with E-state index < -0.39 is 0 Å². The highest BCUT2D eigenvalue weighted by Crippen LogP contribution is 2.37. The maximum absolute atomic E-state index is 14.0. The van der Waals surface area contributed by atoms with Crippen molar-refractivity contribution in [1.82, 2.24) is 9.55 Å². The van der Waals surface area contributed by atoms with Crippen molar-refractivity contribution in [2.24, 2.45) is 0 Å². The molecule has 1 saturated heterocycles. The average molecular weight is 507 g/mol. The predicted octanol–water partition coefficient (Wildman–Crippen LogP) is 5.66. The number of rotatable bonds is 4. The lowest BCUT2D eigenvalue weighted by atomic mass is 10.00. The van der Waals surface area contributed by atoms with Crippen LogP contribution in [0, 0.1) is 19.7 Å². The van der Waals surface area contributed by atoms with Crippen molar-refractivity contribution in [2.75, 3.05) is 42.6 Å². The van der Waals surface area contributed by atoms with Crippen LogP contribution in [0.3, 0.4) is 0 Å². The van der Waals surface area contributed by atoms with Crippen LogP contribution in [0.15, 0.2) is 54.6 Å². The van der Waals surface area contributed by atoms with Crippen molar-refractivity contribution in [3.05, 3.63) is 88.4 Å². The van der Waals surface area contributed by atoms with Gasteiger partial charge in [-0.1, -0.05) is 36.4 Å². The standard InChI is InChI=1S/C29H31FN4O.ClH/c1-20-21(2)34(18-22-6-5-9-25(30)16-22)28-26(20)17-27(32-12-14-35-15-13-32)31-29(28)33-11-10-23-7-3-4-8-24(23)19-33;/h3-9,16-17H,10-15,18-19H2,1-2H3;1H. The number of ether oxygens (including phenoxy) is 1. The first kappa shape index (κ1) is 24.6. The third kappa shape index (κ3) is 4.44. The molecule has 0 spiro atoms. The fourth-order valence-corrected chi connectivity index (χ4v) is 5.50. The smallest absolute Gasteiger partial charge is 0.155 e. The van der Waals surface area contributed by atoms with Gasteiger partial charge in [0.1, 0.15) is 11.6 Å². The summed E-state index contributed by atoms with van der Waals surface area (Å²) in [6.45, 7) is 9.89.